The Hall–Kier alpha value is -3.88. The lowest BCUT2D eigenvalue weighted by molar-refractivity contribution is -0.137. The van der Waals surface area contributed by atoms with Gasteiger partial charge >= 0.3 is 29.4 Å². The minimum Gasteiger partial charge on any atom is -0.508 e. The number of aliphatic hydroxyl groups excluding tert-OH is 2. The Morgan fingerprint density at radius 3 is 2.38 bits per heavy atom. The monoisotopic (exact) mass is 931 g/mol. The Kier molecular flexibility index (Phi) is 18.3. The molecule has 0 radical (unpaired) electrons. The number of nitrogens with two attached hydrogens (primary N) is 1. The molecule has 1 aliphatic heterocycles. The fraction of sp³-hybridized carbons (Fsp3) is 0.467. The molecular formula is C30H44N7O19P3S. The van der Waals surface area contributed by atoms with Crippen molar-refractivity contribution < 1.29 is 90.7 Å². The van der Waals surface area contributed by atoms with E-state index in [-0.39, 0.29) is 41.6 Å². The molecular weight excluding hydrogens is 887 g/mol. The first kappa shape index (κ1) is 50.5. The number of phosphoric acid groups is 3. The molecule has 0 bridgehead atoms. The smallest absolute Gasteiger partial charge is 0.481 e. The minimum atomic E-state index is -5.54. The number of phenols is 1. The van der Waals surface area contributed by atoms with Crippen molar-refractivity contribution in [1.29, 1.82) is 0 Å². The summed E-state index contributed by atoms with van der Waals surface area (Å²) in [5.74, 6) is -1.82. The Bertz CT molecular complexity index is 2140. The van der Waals surface area contributed by atoms with Gasteiger partial charge in [-0.05, 0) is 23.8 Å². The van der Waals surface area contributed by atoms with E-state index in [9.17, 15) is 57.9 Å². The molecule has 0 spiro atoms. The Balaban J connectivity index is 0.000000685. The molecule has 26 nitrogen and oxygen atoms in total. The number of ether oxygens (including phenoxy) is 1. The van der Waals surface area contributed by atoms with Crippen molar-refractivity contribution in [1.82, 2.24) is 30.2 Å². The third-order valence-corrected chi connectivity index (χ3v) is 11.1. The van der Waals surface area contributed by atoms with E-state index in [0.29, 0.717) is 17.9 Å². The SMILES string of the molecule is CC(C)(COP(=O)(O)OP(=O)(O)OC[C@H]1O[C@@H](n2cnc3c(N)ncnc32)[C@H](O)[C@@H]1OP(=O)(O)O)[C@@H](O)C(=O)NCCC(=O)NCCS.O=C(O)/C=C/c1cccc(O)c1. The summed E-state index contributed by atoms with van der Waals surface area (Å²) in [6.07, 6.45) is -4.30. The van der Waals surface area contributed by atoms with Crippen LogP contribution in [0, 0.1) is 5.41 Å². The van der Waals surface area contributed by atoms with E-state index >= 15 is 0 Å². The number of hydrogen-bond acceptors (Lipinski definition) is 19. The van der Waals surface area contributed by atoms with Gasteiger partial charge in [0.2, 0.25) is 11.8 Å². The molecule has 3 heterocycles. The number of aromatic nitrogens is 4. The number of nitrogens with zero attached hydrogens (tertiary/aromatic N) is 4. The van der Waals surface area contributed by atoms with E-state index in [0.717, 1.165) is 23.3 Å². The number of fused-ring (bicyclic) bond motifs is 1. The summed E-state index contributed by atoms with van der Waals surface area (Å²) >= 11 is 3.95. The normalized spacial score (nSPS) is 20.8. The molecule has 0 aliphatic carbocycles. The standard InChI is InChI=1S/C21H36N7O16P3S.C9H8O3/c1-21(2,16(31)19(32)24-4-3-12(29)23-5-6-48)8-41-47(38,39)44-46(36,37)40-7-11-15(43-45(33,34)35)14(30)20(42-11)28-10-27-13-17(22)25-9-26-18(13)28;10-8-3-1-2-7(6-8)4-5-9(11)12/h9-11,14-16,20,30-31,48H,3-8H2,1-2H3,(H,23,29)(H,24,32)(H,36,37)(H,38,39)(H2,22,25,26)(H2,33,34,35);1-6,10H,(H,11,12)/b;5-4+/t11-,14-,15-,16+,20-;/m1./s1. The summed E-state index contributed by atoms with van der Waals surface area (Å²) in [5, 5.41) is 43.4. The number of rotatable bonds is 20. The van der Waals surface area contributed by atoms with E-state index in [2.05, 4.69) is 47.0 Å². The van der Waals surface area contributed by atoms with Crippen LogP contribution in [0.2, 0.25) is 0 Å². The van der Waals surface area contributed by atoms with E-state index < -0.39 is 84.6 Å². The lowest BCUT2D eigenvalue weighted by Gasteiger charge is -2.30. The van der Waals surface area contributed by atoms with Crippen LogP contribution in [0.5, 0.6) is 5.75 Å². The van der Waals surface area contributed by atoms with Crippen LogP contribution in [0.15, 0.2) is 43.0 Å². The molecule has 60 heavy (non-hydrogen) atoms. The van der Waals surface area contributed by atoms with Crippen LogP contribution in [0.1, 0.15) is 32.1 Å². The average molecular weight is 932 g/mol. The van der Waals surface area contributed by atoms with Crippen LogP contribution < -0.4 is 16.4 Å². The van der Waals surface area contributed by atoms with Crippen molar-refractivity contribution >= 4 is 76.9 Å². The highest BCUT2D eigenvalue weighted by atomic mass is 32.1. The fourth-order valence-corrected chi connectivity index (χ4v) is 7.87. The van der Waals surface area contributed by atoms with Gasteiger partial charge in [-0.15, -0.1) is 0 Å². The van der Waals surface area contributed by atoms with Crippen molar-refractivity contribution in [3.63, 3.8) is 0 Å². The number of phenolic OH excluding ortho intramolecular Hbond substituents is 1. The number of aromatic hydroxyl groups is 1. The predicted octanol–water partition coefficient (Wildman–Crippen LogP) is -0.175. The van der Waals surface area contributed by atoms with Gasteiger partial charge in [0.25, 0.3) is 0 Å². The molecule has 1 fully saturated rings. The number of aliphatic hydroxyl groups is 2. The maximum Gasteiger partial charge on any atom is 0.481 e. The number of nitrogens with one attached hydrogen (secondary N) is 2. The number of thiol groups is 1. The highest BCUT2D eigenvalue weighted by molar-refractivity contribution is 7.80. The number of aliphatic carboxylic acids is 1. The topological polar surface area (TPSA) is 404 Å². The van der Waals surface area contributed by atoms with Crippen LogP contribution in [-0.2, 0) is 50.7 Å². The Labute approximate surface area is 345 Å². The molecule has 12 N–H and O–H groups in total. The molecule has 2 aromatic heterocycles. The maximum atomic E-state index is 12.6. The first-order valence-electron chi connectivity index (χ1n) is 17.0. The van der Waals surface area contributed by atoms with Gasteiger partial charge in [0.1, 0.15) is 42.0 Å². The van der Waals surface area contributed by atoms with Crippen LogP contribution >= 0.6 is 36.1 Å². The van der Waals surface area contributed by atoms with Crippen molar-refractivity contribution in [3.8, 4) is 5.75 Å². The number of hydrogen-bond donors (Lipinski definition) is 12. The van der Waals surface area contributed by atoms with Crippen LogP contribution in [0.3, 0.4) is 0 Å². The zero-order chi connectivity index (χ0) is 45.1. The predicted molar refractivity (Wildman–Crippen MR) is 208 cm³/mol. The number of phosphoric ester groups is 3. The first-order valence-corrected chi connectivity index (χ1v) is 22.2. The summed E-state index contributed by atoms with van der Waals surface area (Å²) in [6, 6.07) is 6.37. The van der Waals surface area contributed by atoms with Crippen molar-refractivity contribution in [2.24, 2.45) is 5.41 Å². The molecule has 1 saturated heterocycles. The largest absolute Gasteiger partial charge is 0.508 e. The van der Waals surface area contributed by atoms with Gasteiger partial charge in [0.15, 0.2) is 17.7 Å². The number of imidazole rings is 1. The quantitative estimate of drug-likeness (QED) is 0.0397. The Morgan fingerprint density at radius 1 is 1.07 bits per heavy atom. The molecule has 2 amide bonds. The van der Waals surface area contributed by atoms with Gasteiger partial charge in [-0.2, -0.15) is 16.9 Å². The maximum absolute atomic E-state index is 12.6. The second-order valence-electron chi connectivity index (χ2n) is 13.1. The molecule has 1 aliphatic rings. The van der Waals surface area contributed by atoms with Crippen LogP contribution in [-0.4, -0.2) is 134 Å². The van der Waals surface area contributed by atoms with E-state index in [1.165, 1.54) is 32.1 Å². The van der Waals surface area contributed by atoms with Gasteiger partial charge < -0.3 is 61.1 Å². The number of carbonyl (C=O) groups excluding carboxylic acids is 2. The molecule has 3 aromatic rings. The van der Waals surface area contributed by atoms with Crippen molar-refractivity contribution in [2.45, 2.75) is 50.9 Å². The molecule has 0 saturated carbocycles. The number of benzene rings is 1. The number of carbonyl (C=O) groups is 3. The summed E-state index contributed by atoms with van der Waals surface area (Å²) in [4.78, 5) is 84.7. The number of amides is 2. The summed E-state index contributed by atoms with van der Waals surface area (Å²) in [6.45, 7) is 0.723. The third kappa shape index (κ3) is 15.9. The first-order chi connectivity index (χ1) is 27.8. The molecule has 4 rings (SSSR count). The zero-order valence-corrected chi connectivity index (χ0v) is 35.0. The van der Waals surface area contributed by atoms with Gasteiger partial charge in [0.05, 0.1) is 19.5 Å². The average Bonchev–Trinajstić information content (AvgIpc) is 3.71. The van der Waals surface area contributed by atoms with Crippen molar-refractivity contribution in [3.05, 3.63) is 48.6 Å². The Morgan fingerprint density at radius 2 is 1.75 bits per heavy atom. The fourth-order valence-electron chi connectivity index (χ4n) is 4.93. The molecule has 7 atom stereocenters. The zero-order valence-electron chi connectivity index (χ0n) is 31.5. The van der Waals surface area contributed by atoms with E-state index in [1.54, 1.807) is 12.1 Å². The molecule has 2 unspecified atom stereocenters. The highest BCUT2D eigenvalue weighted by Gasteiger charge is 2.50. The second-order valence-corrected chi connectivity index (χ2v) is 17.7. The van der Waals surface area contributed by atoms with Crippen molar-refractivity contribution in [2.75, 3.05) is 37.8 Å². The van der Waals surface area contributed by atoms with Gasteiger partial charge in [-0.25, -0.2) is 33.4 Å². The van der Waals surface area contributed by atoms with E-state index in [4.69, 9.17) is 29.7 Å². The molecule has 334 valence electrons. The molecule has 30 heteroatoms. The summed E-state index contributed by atoms with van der Waals surface area (Å²) < 4.78 is 61.7. The number of carboxylic acid groups (broad SMARTS) is 1. The van der Waals surface area contributed by atoms with Gasteiger partial charge in [-0.1, -0.05) is 26.0 Å². The molecule has 1 aromatic carbocycles. The third-order valence-electron chi connectivity index (χ3n) is 7.80. The van der Waals surface area contributed by atoms with Crippen LogP contribution in [0.4, 0.5) is 5.82 Å². The highest BCUT2D eigenvalue weighted by Crippen LogP contribution is 2.61. The van der Waals surface area contributed by atoms with Gasteiger partial charge in [-0.3, -0.25) is 27.7 Å². The number of carboxylic acids is 1. The van der Waals surface area contributed by atoms with E-state index in [1.807, 2.05) is 0 Å². The number of nitrogen functional groups attached to an aromatic ring is 1. The second kappa shape index (κ2) is 21.8. The minimum absolute atomic E-state index is 0.0363. The lowest BCUT2D eigenvalue weighted by atomic mass is 9.87. The van der Waals surface area contributed by atoms with Crippen LogP contribution in [0.25, 0.3) is 17.2 Å². The lowest BCUT2D eigenvalue weighted by Crippen LogP contribution is -2.46. The number of anilines is 1. The summed E-state index contributed by atoms with van der Waals surface area (Å²) in [5.41, 5.74) is 4.96. The van der Waals surface area contributed by atoms with Gasteiger partial charge in [0, 0.05) is 36.8 Å². The summed E-state index contributed by atoms with van der Waals surface area (Å²) in [7, 11) is -16.3.